The SMILES string of the molecule is CC1OCCC1(O)CNC(=O)c1ccccc1CCN. The molecule has 1 amide bonds. The zero-order valence-corrected chi connectivity index (χ0v) is 11.8. The van der Waals surface area contributed by atoms with Crippen LogP contribution in [0.1, 0.15) is 29.3 Å². The Labute approximate surface area is 119 Å². The highest BCUT2D eigenvalue weighted by Gasteiger charge is 2.39. The Balaban J connectivity index is 2.02. The van der Waals surface area contributed by atoms with Crippen molar-refractivity contribution < 1.29 is 14.6 Å². The Bertz CT molecular complexity index is 478. The summed E-state index contributed by atoms with van der Waals surface area (Å²) in [5.41, 5.74) is 6.13. The van der Waals surface area contributed by atoms with Crippen LogP contribution in [-0.4, -0.2) is 42.4 Å². The van der Waals surface area contributed by atoms with Crippen molar-refractivity contribution in [3.63, 3.8) is 0 Å². The third-order valence-corrected chi connectivity index (χ3v) is 3.89. The van der Waals surface area contributed by atoms with Gasteiger partial charge in [0.2, 0.25) is 0 Å². The van der Waals surface area contributed by atoms with E-state index in [2.05, 4.69) is 5.32 Å². The summed E-state index contributed by atoms with van der Waals surface area (Å²) in [6.07, 6.45) is 0.939. The van der Waals surface area contributed by atoms with E-state index in [1.807, 2.05) is 25.1 Å². The first kappa shape index (κ1) is 15.0. The Morgan fingerprint density at radius 2 is 2.30 bits per heavy atom. The molecule has 0 spiro atoms. The lowest BCUT2D eigenvalue weighted by Crippen LogP contribution is -2.47. The van der Waals surface area contributed by atoms with Gasteiger partial charge >= 0.3 is 0 Å². The van der Waals surface area contributed by atoms with Crippen LogP contribution in [0.3, 0.4) is 0 Å². The lowest BCUT2D eigenvalue weighted by atomic mass is 9.96. The van der Waals surface area contributed by atoms with E-state index in [1.165, 1.54) is 0 Å². The predicted molar refractivity (Wildman–Crippen MR) is 76.5 cm³/mol. The van der Waals surface area contributed by atoms with Crippen LogP contribution in [0.4, 0.5) is 0 Å². The van der Waals surface area contributed by atoms with Crippen molar-refractivity contribution >= 4 is 5.91 Å². The predicted octanol–water partition coefficient (Wildman–Crippen LogP) is 0.457. The maximum atomic E-state index is 12.2. The number of carbonyl (C=O) groups is 1. The van der Waals surface area contributed by atoms with E-state index in [0.717, 1.165) is 5.56 Å². The van der Waals surface area contributed by atoms with Crippen molar-refractivity contribution in [3.05, 3.63) is 35.4 Å². The molecule has 1 saturated heterocycles. The van der Waals surface area contributed by atoms with Gasteiger partial charge in [0, 0.05) is 25.1 Å². The second-order valence-corrected chi connectivity index (χ2v) is 5.25. The van der Waals surface area contributed by atoms with Crippen molar-refractivity contribution in [2.75, 3.05) is 19.7 Å². The van der Waals surface area contributed by atoms with E-state index in [1.54, 1.807) is 6.07 Å². The van der Waals surface area contributed by atoms with Gasteiger partial charge in [-0.15, -0.1) is 0 Å². The number of aliphatic hydroxyl groups is 1. The van der Waals surface area contributed by atoms with E-state index in [-0.39, 0.29) is 18.6 Å². The van der Waals surface area contributed by atoms with Crippen molar-refractivity contribution in [2.45, 2.75) is 31.5 Å². The Hall–Kier alpha value is -1.43. The third-order valence-electron chi connectivity index (χ3n) is 3.89. The molecule has 1 aromatic carbocycles. The second kappa shape index (κ2) is 6.35. The van der Waals surface area contributed by atoms with Crippen molar-refractivity contribution in [3.8, 4) is 0 Å². The fraction of sp³-hybridized carbons (Fsp3) is 0.533. The summed E-state index contributed by atoms with van der Waals surface area (Å²) in [5, 5.41) is 13.2. The van der Waals surface area contributed by atoms with Crippen LogP contribution < -0.4 is 11.1 Å². The standard InChI is InChI=1S/C15H22N2O3/c1-11-15(19,7-9-20-11)10-17-14(18)13-5-3-2-4-12(13)6-8-16/h2-5,11,19H,6-10,16H2,1H3,(H,17,18). The Morgan fingerprint density at radius 1 is 1.55 bits per heavy atom. The van der Waals surface area contributed by atoms with E-state index in [9.17, 15) is 9.90 Å². The van der Waals surface area contributed by atoms with Gasteiger partial charge in [-0.05, 0) is 31.5 Å². The highest BCUT2D eigenvalue weighted by molar-refractivity contribution is 5.95. The first-order valence-corrected chi connectivity index (χ1v) is 6.97. The average molecular weight is 278 g/mol. The molecule has 0 aromatic heterocycles. The molecule has 110 valence electrons. The Morgan fingerprint density at radius 3 is 2.95 bits per heavy atom. The number of hydrogen-bond acceptors (Lipinski definition) is 4. The molecular weight excluding hydrogens is 256 g/mol. The number of amides is 1. The molecule has 1 aromatic rings. The number of rotatable bonds is 5. The molecule has 20 heavy (non-hydrogen) atoms. The van der Waals surface area contributed by atoms with Gasteiger partial charge in [-0.1, -0.05) is 18.2 Å². The summed E-state index contributed by atoms with van der Waals surface area (Å²) in [7, 11) is 0. The van der Waals surface area contributed by atoms with Gasteiger partial charge in [0.15, 0.2) is 0 Å². The van der Waals surface area contributed by atoms with Crippen molar-refractivity contribution in [1.29, 1.82) is 0 Å². The van der Waals surface area contributed by atoms with Crippen molar-refractivity contribution in [2.24, 2.45) is 5.73 Å². The summed E-state index contributed by atoms with van der Waals surface area (Å²) in [6, 6.07) is 7.39. The average Bonchev–Trinajstić information content (AvgIpc) is 2.78. The first-order chi connectivity index (χ1) is 9.57. The molecule has 4 N–H and O–H groups in total. The quantitative estimate of drug-likeness (QED) is 0.730. The van der Waals surface area contributed by atoms with Crippen molar-refractivity contribution in [1.82, 2.24) is 5.32 Å². The third kappa shape index (κ3) is 3.17. The molecule has 2 rings (SSSR count). The van der Waals surface area contributed by atoms with E-state index in [0.29, 0.717) is 31.6 Å². The number of hydrogen-bond donors (Lipinski definition) is 3. The van der Waals surface area contributed by atoms with E-state index >= 15 is 0 Å². The normalized spacial score (nSPS) is 25.6. The van der Waals surface area contributed by atoms with E-state index < -0.39 is 5.60 Å². The fourth-order valence-electron chi connectivity index (χ4n) is 2.45. The minimum absolute atomic E-state index is 0.179. The first-order valence-electron chi connectivity index (χ1n) is 6.97. The molecule has 1 fully saturated rings. The monoisotopic (exact) mass is 278 g/mol. The summed E-state index contributed by atoms with van der Waals surface area (Å²) >= 11 is 0. The zero-order valence-electron chi connectivity index (χ0n) is 11.8. The topological polar surface area (TPSA) is 84.6 Å². The second-order valence-electron chi connectivity index (χ2n) is 5.25. The molecular formula is C15H22N2O3. The molecule has 0 saturated carbocycles. The lowest BCUT2D eigenvalue weighted by molar-refractivity contribution is -0.0251. The number of benzene rings is 1. The molecule has 2 atom stereocenters. The molecule has 2 unspecified atom stereocenters. The molecule has 1 aliphatic rings. The molecule has 5 nitrogen and oxygen atoms in total. The number of nitrogens with one attached hydrogen (secondary N) is 1. The molecule has 0 aliphatic carbocycles. The highest BCUT2D eigenvalue weighted by atomic mass is 16.5. The molecule has 1 aliphatic heterocycles. The maximum absolute atomic E-state index is 12.2. The van der Waals surface area contributed by atoms with Gasteiger partial charge in [0.25, 0.3) is 5.91 Å². The zero-order chi connectivity index (χ0) is 14.6. The van der Waals surface area contributed by atoms with Gasteiger partial charge in [-0.25, -0.2) is 0 Å². The summed E-state index contributed by atoms with van der Waals surface area (Å²) < 4.78 is 5.35. The van der Waals surface area contributed by atoms with E-state index in [4.69, 9.17) is 10.5 Å². The van der Waals surface area contributed by atoms with Gasteiger partial charge in [0.05, 0.1) is 6.10 Å². The summed E-state index contributed by atoms with van der Waals surface area (Å²) in [6.45, 7) is 3.04. The van der Waals surface area contributed by atoms with Crippen LogP contribution in [0.15, 0.2) is 24.3 Å². The minimum atomic E-state index is -0.974. The van der Waals surface area contributed by atoms with Crippen LogP contribution in [0, 0.1) is 0 Å². The van der Waals surface area contributed by atoms with Gasteiger partial charge in [-0.2, -0.15) is 0 Å². The lowest BCUT2D eigenvalue weighted by Gasteiger charge is -2.26. The maximum Gasteiger partial charge on any atom is 0.251 e. The van der Waals surface area contributed by atoms with Gasteiger partial charge < -0.3 is 20.9 Å². The van der Waals surface area contributed by atoms with Crippen LogP contribution in [0.25, 0.3) is 0 Å². The molecule has 1 heterocycles. The smallest absolute Gasteiger partial charge is 0.251 e. The van der Waals surface area contributed by atoms with Gasteiger partial charge in [0.1, 0.15) is 5.60 Å². The number of ether oxygens (including phenoxy) is 1. The summed E-state index contributed by atoms with van der Waals surface area (Å²) in [5.74, 6) is -0.179. The molecule has 5 heteroatoms. The van der Waals surface area contributed by atoms with Crippen LogP contribution in [-0.2, 0) is 11.2 Å². The van der Waals surface area contributed by atoms with Crippen LogP contribution in [0.5, 0.6) is 0 Å². The Kier molecular flexibility index (Phi) is 4.75. The highest BCUT2D eigenvalue weighted by Crippen LogP contribution is 2.24. The van der Waals surface area contributed by atoms with Gasteiger partial charge in [-0.3, -0.25) is 4.79 Å². The number of carbonyl (C=O) groups excluding carboxylic acids is 1. The summed E-state index contributed by atoms with van der Waals surface area (Å²) in [4.78, 5) is 12.2. The fourth-order valence-corrected chi connectivity index (χ4v) is 2.45. The largest absolute Gasteiger partial charge is 0.385 e. The number of nitrogens with two attached hydrogens (primary N) is 1. The molecule has 0 bridgehead atoms. The van der Waals surface area contributed by atoms with Crippen LogP contribution in [0.2, 0.25) is 0 Å². The molecule has 0 radical (unpaired) electrons. The minimum Gasteiger partial charge on any atom is -0.385 e. The van der Waals surface area contributed by atoms with Crippen LogP contribution >= 0.6 is 0 Å².